The van der Waals surface area contributed by atoms with E-state index in [1.807, 2.05) is 6.07 Å². The number of aromatic amines is 1. The van der Waals surface area contributed by atoms with Gasteiger partial charge in [0.1, 0.15) is 10.6 Å². The van der Waals surface area contributed by atoms with E-state index in [4.69, 9.17) is 27.4 Å². The van der Waals surface area contributed by atoms with Crippen molar-refractivity contribution in [2.24, 2.45) is 0 Å². The number of amides is 1. The summed E-state index contributed by atoms with van der Waals surface area (Å²) >= 11 is 12.1. The van der Waals surface area contributed by atoms with Crippen molar-refractivity contribution in [1.29, 1.82) is 0 Å². The Balaban J connectivity index is 1.34. The monoisotopic (exact) mass is 569 g/mol. The molecule has 7 nitrogen and oxygen atoms in total. The summed E-state index contributed by atoms with van der Waals surface area (Å²) < 4.78 is 31.5. The van der Waals surface area contributed by atoms with E-state index in [1.165, 1.54) is 43.0 Å². The molecule has 38 heavy (non-hydrogen) atoms. The Kier molecular flexibility index (Phi) is 6.60. The van der Waals surface area contributed by atoms with E-state index in [-0.39, 0.29) is 33.1 Å². The number of nitrogens with one attached hydrogen (secondary N) is 2. The SMILES string of the molecule is O=C1NCc2c(OS(=O)(=O)c3cccc(Cl)c3Cl)ccc(-c3cc4cc(CN5CCCCC5)ccc4[nH]3)c21. The van der Waals surface area contributed by atoms with Gasteiger partial charge in [0.25, 0.3) is 5.91 Å². The molecule has 3 heterocycles. The fraction of sp³-hybridized carbons (Fsp3) is 0.250. The molecule has 0 unspecified atom stereocenters. The molecule has 1 amide bonds. The van der Waals surface area contributed by atoms with Crippen molar-refractivity contribution in [3.8, 4) is 17.0 Å². The van der Waals surface area contributed by atoms with Crippen molar-refractivity contribution < 1.29 is 17.4 Å². The molecule has 2 N–H and O–H groups in total. The summed E-state index contributed by atoms with van der Waals surface area (Å²) in [7, 11) is -4.29. The number of hydrogen-bond donors (Lipinski definition) is 2. The summed E-state index contributed by atoms with van der Waals surface area (Å²) in [5.41, 5.74) is 4.52. The van der Waals surface area contributed by atoms with Crippen LogP contribution in [0.4, 0.5) is 0 Å². The highest BCUT2D eigenvalue weighted by Gasteiger charge is 2.30. The van der Waals surface area contributed by atoms with Crippen LogP contribution in [-0.2, 0) is 23.2 Å². The highest BCUT2D eigenvalue weighted by Crippen LogP contribution is 2.38. The molecular weight excluding hydrogens is 545 g/mol. The zero-order chi connectivity index (χ0) is 26.4. The summed E-state index contributed by atoms with van der Waals surface area (Å²) in [6.45, 7) is 3.33. The van der Waals surface area contributed by atoms with Gasteiger partial charge in [-0.25, -0.2) is 0 Å². The molecule has 4 aromatic rings. The summed E-state index contributed by atoms with van der Waals surface area (Å²) in [6.07, 6.45) is 3.80. The number of rotatable bonds is 6. The molecule has 0 saturated carbocycles. The first kappa shape index (κ1) is 25.2. The number of hydrogen-bond acceptors (Lipinski definition) is 5. The number of fused-ring (bicyclic) bond motifs is 2. The minimum absolute atomic E-state index is 0.0677. The van der Waals surface area contributed by atoms with E-state index >= 15 is 0 Å². The van der Waals surface area contributed by atoms with Gasteiger partial charge < -0.3 is 14.5 Å². The minimum atomic E-state index is -4.29. The normalized spacial score (nSPS) is 16.0. The molecule has 1 fully saturated rings. The summed E-state index contributed by atoms with van der Waals surface area (Å²) in [4.78, 5) is 18.5. The third kappa shape index (κ3) is 4.66. The van der Waals surface area contributed by atoms with Crippen molar-refractivity contribution in [2.75, 3.05) is 13.1 Å². The highest BCUT2D eigenvalue weighted by molar-refractivity contribution is 7.87. The van der Waals surface area contributed by atoms with Gasteiger partial charge in [-0.2, -0.15) is 8.42 Å². The fourth-order valence-electron chi connectivity index (χ4n) is 5.26. The van der Waals surface area contributed by atoms with Crippen molar-refractivity contribution in [3.63, 3.8) is 0 Å². The van der Waals surface area contributed by atoms with Gasteiger partial charge in [-0.1, -0.05) is 41.8 Å². The number of nitrogens with zero attached hydrogens (tertiary/aromatic N) is 1. The molecule has 2 aliphatic heterocycles. The lowest BCUT2D eigenvalue weighted by molar-refractivity contribution is 0.0966. The maximum atomic E-state index is 13.0. The van der Waals surface area contributed by atoms with Crippen LogP contribution in [0.2, 0.25) is 10.0 Å². The number of H-pyrrole nitrogens is 1. The standard InChI is InChI=1S/C28H25Cl2N3O4S/c29-21-5-4-6-25(27(21)30)38(35,36)37-24-10-8-19(26-20(24)15-31-28(26)34)23-14-18-13-17(7-9-22(18)32-23)16-33-11-2-1-3-12-33/h4-10,13-14,32H,1-3,11-12,15-16H2,(H,31,34). The molecule has 196 valence electrons. The van der Waals surface area contributed by atoms with Crippen molar-refractivity contribution in [1.82, 2.24) is 15.2 Å². The molecule has 2 aliphatic rings. The van der Waals surface area contributed by atoms with Crippen LogP contribution in [0.1, 0.15) is 40.7 Å². The van der Waals surface area contributed by atoms with E-state index in [2.05, 4.69) is 33.4 Å². The smallest absolute Gasteiger partial charge is 0.340 e. The van der Waals surface area contributed by atoms with Crippen LogP contribution in [-0.4, -0.2) is 37.3 Å². The second kappa shape index (κ2) is 9.93. The lowest BCUT2D eigenvalue weighted by atomic mass is 9.99. The van der Waals surface area contributed by atoms with Crippen molar-refractivity contribution >= 4 is 50.1 Å². The Hall–Kier alpha value is -3.04. The number of piperidine rings is 1. The average molecular weight is 570 g/mol. The van der Waals surface area contributed by atoms with Crippen LogP contribution in [0.25, 0.3) is 22.2 Å². The van der Waals surface area contributed by atoms with Crippen LogP contribution in [0.15, 0.2) is 59.5 Å². The van der Waals surface area contributed by atoms with Gasteiger partial charge in [-0.15, -0.1) is 0 Å². The molecule has 0 spiro atoms. The van der Waals surface area contributed by atoms with Crippen LogP contribution in [0.3, 0.4) is 0 Å². The minimum Gasteiger partial charge on any atom is -0.379 e. The van der Waals surface area contributed by atoms with Gasteiger partial charge in [0.15, 0.2) is 0 Å². The molecule has 10 heteroatoms. The number of aromatic nitrogens is 1. The van der Waals surface area contributed by atoms with Gasteiger partial charge in [0.2, 0.25) is 0 Å². The number of carbonyl (C=O) groups is 1. The Morgan fingerprint density at radius 3 is 2.61 bits per heavy atom. The zero-order valence-electron chi connectivity index (χ0n) is 20.4. The predicted octanol–water partition coefficient (Wildman–Crippen LogP) is 6.14. The van der Waals surface area contributed by atoms with Crippen LogP contribution in [0, 0.1) is 0 Å². The molecule has 1 aromatic heterocycles. The Morgan fingerprint density at radius 2 is 1.79 bits per heavy atom. The predicted molar refractivity (Wildman–Crippen MR) is 148 cm³/mol. The molecule has 0 bridgehead atoms. The Morgan fingerprint density at radius 1 is 0.974 bits per heavy atom. The number of likely N-dealkylation sites (tertiary alicyclic amines) is 1. The van der Waals surface area contributed by atoms with Gasteiger partial charge in [0.05, 0.1) is 15.6 Å². The maximum Gasteiger partial charge on any atom is 0.340 e. The van der Waals surface area contributed by atoms with E-state index in [0.29, 0.717) is 16.7 Å². The molecule has 6 rings (SSSR count). The fourth-order valence-corrected chi connectivity index (χ4v) is 6.96. The van der Waals surface area contributed by atoms with Crippen molar-refractivity contribution in [3.05, 3.63) is 81.3 Å². The van der Waals surface area contributed by atoms with Gasteiger partial charge in [-0.05, 0) is 74.0 Å². The molecule has 0 aliphatic carbocycles. The molecule has 1 saturated heterocycles. The Labute approximate surface area is 230 Å². The van der Waals surface area contributed by atoms with Crippen LogP contribution < -0.4 is 9.50 Å². The molecule has 0 radical (unpaired) electrons. The van der Waals surface area contributed by atoms with E-state index in [9.17, 15) is 13.2 Å². The van der Waals surface area contributed by atoms with E-state index < -0.39 is 10.1 Å². The van der Waals surface area contributed by atoms with E-state index in [0.717, 1.165) is 36.2 Å². The van der Waals surface area contributed by atoms with E-state index in [1.54, 1.807) is 12.1 Å². The number of carbonyl (C=O) groups excluding carboxylic acids is 1. The number of halogens is 2. The van der Waals surface area contributed by atoms with Gasteiger partial charge in [-0.3, -0.25) is 9.69 Å². The van der Waals surface area contributed by atoms with Gasteiger partial charge >= 0.3 is 10.1 Å². The third-order valence-corrected chi connectivity index (χ3v) is 9.35. The largest absolute Gasteiger partial charge is 0.379 e. The van der Waals surface area contributed by atoms with Gasteiger partial charge in [0, 0.05) is 40.8 Å². The molecule has 3 aromatic carbocycles. The van der Waals surface area contributed by atoms with Crippen LogP contribution >= 0.6 is 23.2 Å². The first-order chi connectivity index (χ1) is 18.3. The highest BCUT2D eigenvalue weighted by atomic mass is 35.5. The second-order valence-corrected chi connectivity index (χ2v) is 12.0. The second-order valence-electron chi connectivity index (χ2n) is 9.68. The quantitative estimate of drug-likeness (QED) is 0.272. The van der Waals surface area contributed by atoms with Crippen LogP contribution in [0.5, 0.6) is 5.75 Å². The topological polar surface area (TPSA) is 91.5 Å². The third-order valence-electron chi connectivity index (χ3n) is 7.14. The Bertz CT molecular complexity index is 1680. The zero-order valence-corrected chi connectivity index (χ0v) is 22.7. The lowest BCUT2D eigenvalue weighted by Gasteiger charge is -2.26. The summed E-state index contributed by atoms with van der Waals surface area (Å²) in [6, 6.07) is 16.0. The first-order valence-electron chi connectivity index (χ1n) is 12.5. The molecule has 0 atom stereocenters. The summed E-state index contributed by atoms with van der Waals surface area (Å²) in [5.74, 6) is -0.221. The summed E-state index contributed by atoms with van der Waals surface area (Å²) in [5, 5.41) is 3.83. The first-order valence-corrected chi connectivity index (χ1v) is 14.6. The maximum absolute atomic E-state index is 13.0. The lowest BCUT2D eigenvalue weighted by Crippen LogP contribution is -2.28. The molecular formula is C28H25Cl2N3O4S. The van der Waals surface area contributed by atoms with Crippen molar-refractivity contribution in [2.45, 2.75) is 37.2 Å². The number of benzene rings is 3. The average Bonchev–Trinajstić information content (AvgIpc) is 3.50.